The maximum atomic E-state index is 12.9. The first kappa shape index (κ1) is 83.4. The number of pyridine rings is 4. The van der Waals surface area contributed by atoms with Gasteiger partial charge in [0, 0.05) is 50.3 Å². The lowest BCUT2D eigenvalue weighted by molar-refractivity contribution is -0.148. The molecule has 4 aromatic heterocycles. The Morgan fingerprint density at radius 2 is 0.481 bits per heavy atom. The van der Waals surface area contributed by atoms with Crippen LogP contribution in [0.5, 0.6) is 0 Å². The van der Waals surface area contributed by atoms with Crippen molar-refractivity contribution in [3.63, 3.8) is 0 Å². The van der Waals surface area contributed by atoms with E-state index in [4.69, 9.17) is 22.9 Å². The molecule has 0 unspecified atom stereocenters. The zero-order valence-corrected chi connectivity index (χ0v) is 64.6. The van der Waals surface area contributed by atoms with Gasteiger partial charge in [-0.15, -0.1) is 0 Å². The molecule has 4 aliphatic heterocycles. The minimum atomic E-state index is -0.629. The van der Waals surface area contributed by atoms with Gasteiger partial charge < -0.3 is 84.2 Å². The number of likely N-dealkylation sites (tertiary alicyclic amines) is 4. The van der Waals surface area contributed by atoms with Crippen LogP contribution in [-0.4, -0.2) is 182 Å². The molecule has 108 heavy (non-hydrogen) atoms. The molecule has 0 bridgehead atoms. The third-order valence-electron chi connectivity index (χ3n) is 23.9. The lowest BCUT2D eigenvalue weighted by Gasteiger charge is -2.44. The van der Waals surface area contributed by atoms with Crippen LogP contribution >= 0.6 is 0 Å². The maximum absolute atomic E-state index is 12.9. The van der Waals surface area contributed by atoms with Crippen LogP contribution in [0.3, 0.4) is 0 Å². The van der Waals surface area contributed by atoms with E-state index in [1.165, 1.54) is 24.8 Å². The number of carbonyl (C=O) groups is 8. The molecule has 0 aromatic carbocycles. The molecule has 8 atom stereocenters. The SMILES string of the molecule is Cc1cc(NC(=O)C(=O)N2C[C@@H](C)CC[C@H]2C2CCC(O)CC2)cnc1N.Cc1cc(NC(=O)C(=O)N2C[C@@H](C)CC[C@H]2C2CCC(O)CC2)cnc1N.Cc1cc(NC(=O)C(=O)N2C[C@H](C)CC[C@@H]2C2CCC(O)CC2)cnc1N.Cc1cc(NC(=O)C(=O)N2C[C@H](C)CC[C@@H]2C2CCC(O)CC2)cnc1N. The summed E-state index contributed by atoms with van der Waals surface area (Å²) >= 11 is 0. The second-order valence-corrected chi connectivity index (χ2v) is 32.6. The highest BCUT2D eigenvalue weighted by molar-refractivity contribution is 6.41. The summed E-state index contributed by atoms with van der Waals surface area (Å²) in [5.74, 6) is 0.157. The van der Waals surface area contributed by atoms with E-state index in [2.05, 4.69) is 68.9 Å². The lowest BCUT2D eigenvalue weighted by Crippen LogP contribution is -2.53. The number of nitrogens with one attached hydrogen (secondary N) is 4. The summed E-state index contributed by atoms with van der Waals surface area (Å²) in [7, 11) is 0. The molecule has 16 N–H and O–H groups in total. The van der Waals surface area contributed by atoms with Crippen molar-refractivity contribution in [3.05, 3.63) is 71.3 Å². The van der Waals surface area contributed by atoms with Gasteiger partial charge in [-0.2, -0.15) is 0 Å². The highest BCUT2D eigenvalue weighted by Crippen LogP contribution is 2.40. The van der Waals surface area contributed by atoms with Crippen LogP contribution in [0.1, 0.15) is 204 Å². The van der Waals surface area contributed by atoms with Crippen LogP contribution < -0.4 is 44.2 Å². The zero-order chi connectivity index (χ0) is 78.2. The molecule has 0 spiro atoms. The number of amides is 8. The van der Waals surface area contributed by atoms with Gasteiger partial charge in [-0.25, -0.2) is 19.9 Å². The molecular formula is C80H120N16O12. The largest absolute Gasteiger partial charge is 0.393 e. The van der Waals surface area contributed by atoms with Crippen LogP contribution in [-0.2, 0) is 38.4 Å². The molecule has 4 saturated carbocycles. The standard InChI is InChI=1S/4C20H30N4O3/c4*1-12-3-8-17(14-4-6-16(25)7-5-14)24(11-12)20(27)19(26)23-15-9-13(2)18(21)22-10-15/h4*9-10,12,14,16-17,25H,3-8,11H2,1-2H3,(H2,21,22)(H,23,26)/t4*12-,14?,16?,17-/m1100/s1. The van der Waals surface area contributed by atoms with Crippen LogP contribution in [0.4, 0.5) is 46.0 Å². The fourth-order valence-corrected chi connectivity index (χ4v) is 17.4. The van der Waals surface area contributed by atoms with Gasteiger partial charge in [-0.05, 0) is 276 Å². The number of aryl methyl sites for hydroxylation is 4. The van der Waals surface area contributed by atoms with Crippen LogP contribution in [0.15, 0.2) is 49.1 Å². The number of aromatic nitrogens is 4. The maximum Gasteiger partial charge on any atom is 0.313 e. The van der Waals surface area contributed by atoms with E-state index in [1.54, 1.807) is 71.6 Å². The third-order valence-corrected chi connectivity index (χ3v) is 23.9. The molecule has 592 valence electrons. The summed E-state index contributed by atoms with van der Waals surface area (Å²) in [6, 6.07) is 7.19. The van der Waals surface area contributed by atoms with Crippen molar-refractivity contribution in [3.8, 4) is 0 Å². The van der Waals surface area contributed by atoms with Crippen molar-refractivity contribution >= 4 is 93.3 Å². The number of carbonyl (C=O) groups excluding carboxylic acids is 8. The van der Waals surface area contributed by atoms with Gasteiger partial charge in [-0.3, -0.25) is 38.4 Å². The molecule has 12 rings (SSSR count). The normalized spacial score (nSPS) is 28.6. The van der Waals surface area contributed by atoms with Crippen molar-refractivity contribution in [1.82, 2.24) is 39.5 Å². The summed E-state index contributed by atoms with van der Waals surface area (Å²) < 4.78 is 0. The lowest BCUT2D eigenvalue weighted by atomic mass is 9.77. The molecule has 4 aliphatic carbocycles. The van der Waals surface area contributed by atoms with E-state index in [0.29, 0.717) is 120 Å². The predicted molar refractivity (Wildman–Crippen MR) is 416 cm³/mol. The number of aliphatic hydroxyl groups excluding tert-OH is 4. The Morgan fingerprint density at radius 1 is 0.306 bits per heavy atom. The van der Waals surface area contributed by atoms with Gasteiger partial charge in [0.15, 0.2) is 0 Å². The first-order valence-electron chi connectivity index (χ1n) is 39.5. The van der Waals surface area contributed by atoms with Crippen molar-refractivity contribution in [2.75, 3.05) is 70.4 Å². The third kappa shape index (κ3) is 22.8. The number of nitrogens with zero attached hydrogens (tertiary/aromatic N) is 8. The van der Waals surface area contributed by atoms with E-state index in [-0.39, 0.29) is 48.6 Å². The summed E-state index contributed by atoms with van der Waals surface area (Å²) in [4.78, 5) is 125. The van der Waals surface area contributed by atoms with Gasteiger partial charge >= 0.3 is 47.3 Å². The van der Waals surface area contributed by atoms with E-state index in [9.17, 15) is 58.8 Å². The number of rotatable bonds is 8. The number of nitrogens with two attached hydrogens (primary N) is 4. The molecule has 8 fully saturated rings. The van der Waals surface area contributed by atoms with E-state index in [0.717, 1.165) is 176 Å². The molecule has 28 nitrogen and oxygen atoms in total. The summed E-state index contributed by atoms with van der Waals surface area (Å²) in [5, 5.41) is 49.8. The minimum absolute atomic E-state index is 0.0817. The molecule has 8 heterocycles. The molecule has 8 aliphatic rings. The monoisotopic (exact) mass is 1500 g/mol. The summed E-state index contributed by atoms with van der Waals surface area (Å²) in [6.45, 7) is 18.1. The summed E-state index contributed by atoms with van der Waals surface area (Å²) in [5.41, 5.74) is 27.7. The Kier molecular flexibility index (Phi) is 29.9. The van der Waals surface area contributed by atoms with Crippen LogP contribution in [0.25, 0.3) is 0 Å². The average molecular weight is 1500 g/mol. The Labute approximate surface area is 635 Å². The van der Waals surface area contributed by atoms with Gasteiger partial charge in [0.05, 0.1) is 72.0 Å². The fraction of sp³-hybridized carbons (Fsp3) is 0.650. The van der Waals surface area contributed by atoms with E-state index in [1.807, 2.05) is 0 Å². The van der Waals surface area contributed by atoms with Crippen molar-refractivity contribution in [2.24, 2.45) is 47.3 Å². The minimum Gasteiger partial charge on any atom is -0.393 e. The number of aliphatic hydroxyl groups is 4. The number of hydrogen-bond acceptors (Lipinski definition) is 20. The quantitative estimate of drug-likeness (QED) is 0.0737. The molecule has 0 radical (unpaired) electrons. The first-order valence-corrected chi connectivity index (χ1v) is 39.5. The number of nitrogen functional groups attached to an aromatic ring is 4. The van der Waals surface area contributed by atoms with Crippen LogP contribution in [0.2, 0.25) is 0 Å². The highest BCUT2D eigenvalue weighted by atomic mass is 16.3. The highest BCUT2D eigenvalue weighted by Gasteiger charge is 2.44. The second kappa shape index (κ2) is 38.7. The van der Waals surface area contributed by atoms with Gasteiger partial charge in [0.2, 0.25) is 0 Å². The van der Waals surface area contributed by atoms with E-state index >= 15 is 0 Å². The fourth-order valence-electron chi connectivity index (χ4n) is 17.4. The van der Waals surface area contributed by atoms with Gasteiger partial charge in [0.25, 0.3) is 0 Å². The van der Waals surface area contributed by atoms with Gasteiger partial charge in [0.1, 0.15) is 23.3 Å². The smallest absolute Gasteiger partial charge is 0.313 e. The number of hydrogen-bond donors (Lipinski definition) is 12. The Hall–Kier alpha value is -8.60. The Balaban J connectivity index is 0.000000166. The van der Waals surface area contributed by atoms with Crippen LogP contribution in [0, 0.1) is 75.0 Å². The van der Waals surface area contributed by atoms with Gasteiger partial charge in [-0.1, -0.05) is 27.7 Å². The summed E-state index contributed by atoms with van der Waals surface area (Å²) in [6.07, 6.45) is 26.4. The second-order valence-electron chi connectivity index (χ2n) is 32.6. The van der Waals surface area contributed by atoms with Crippen molar-refractivity contribution < 1.29 is 58.8 Å². The average Bonchev–Trinajstić information content (AvgIpc) is 0.820. The Morgan fingerprint density at radius 3 is 0.648 bits per heavy atom. The molecule has 4 aromatic rings. The zero-order valence-electron chi connectivity index (χ0n) is 64.6. The molecular weight excluding hydrogens is 1380 g/mol. The number of anilines is 8. The number of piperidine rings is 4. The first-order chi connectivity index (χ1) is 51.4. The molecule has 28 heteroatoms. The Bertz CT molecular complexity index is 3280. The molecule has 4 saturated heterocycles. The topological polar surface area (TPSA) is 434 Å². The van der Waals surface area contributed by atoms with E-state index < -0.39 is 47.3 Å². The van der Waals surface area contributed by atoms with Crippen molar-refractivity contribution in [1.29, 1.82) is 0 Å². The molecule has 8 amide bonds. The van der Waals surface area contributed by atoms with Crippen molar-refractivity contribution in [2.45, 2.75) is 258 Å². The predicted octanol–water partition coefficient (Wildman–Crippen LogP) is 8.36.